The molecule has 0 saturated carbocycles. The predicted molar refractivity (Wildman–Crippen MR) is 141 cm³/mol. The van der Waals surface area contributed by atoms with Crippen LogP contribution < -0.4 is 15.2 Å². The molecule has 0 amide bonds. The standard InChI is InChI=1S/C28H43NO9/c1-7-14-35-27(34)36-20(6)16-28(29,26(32)33)17-21-10-11-22(37-24(30)12-8-18(2)3)23(15-21)38-25(31)13-9-19(4)5/h10-11,15,18-20H,7-9,12-14,16-17,29H2,1-6H3,(H,32,33)/t20-,28?/m0/s1. The second kappa shape index (κ2) is 16.0. The molecule has 1 aromatic carbocycles. The Kier molecular flexibility index (Phi) is 13.8. The van der Waals surface area contributed by atoms with Crippen LogP contribution in [-0.2, 0) is 30.3 Å². The van der Waals surface area contributed by atoms with E-state index in [-0.39, 0.29) is 43.8 Å². The van der Waals surface area contributed by atoms with Crippen LogP contribution in [0.5, 0.6) is 11.5 Å². The van der Waals surface area contributed by atoms with E-state index < -0.39 is 35.7 Å². The minimum atomic E-state index is -1.81. The van der Waals surface area contributed by atoms with Gasteiger partial charge in [-0.15, -0.1) is 0 Å². The van der Waals surface area contributed by atoms with Crippen LogP contribution in [0.25, 0.3) is 0 Å². The van der Waals surface area contributed by atoms with Crippen LogP contribution in [0.4, 0.5) is 4.79 Å². The molecule has 0 aromatic heterocycles. The summed E-state index contributed by atoms with van der Waals surface area (Å²) in [5.74, 6) is -1.59. The van der Waals surface area contributed by atoms with Crippen molar-refractivity contribution in [2.45, 2.75) is 98.1 Å². The van der Waals surface area contributed by atoms with Gasteiger partial charge in [0, 0.05) is 25.7 Å². The number of rotatable bonds is 16. The largest absolute Gasteiger partial charge is 0.508 e. The number of ether oxygens (including phenoxy) is 4. The van der Waals surface area contributed by atoms with Gasteiger partial charge in [-0.05, 0) is 55.7 Å². The molecule has 1 rings (SSSR count). The number of nitrogens with two attached hydrogens (primary N) is 1. The summed E-state index contributed by atoms with van der Waals surface area (Å²) in [7, 11) is 0. The van der Waals surface area contributed by atoms with E-state index in [2.05, 4.69) is 0 Å². The number of esters is 2. The monoisotopic (exact) mass is 537 g/mol. The van der Waals surface area contributed by atoms with Crippen LogP contribution in [0.3, 0.4) is 0 Å². The highest BCUT2D eigenvalue weighted by molar-refractivity contribution is 5.79. The molecule has 0 spiro atoms. The lowest BCUT2D eigenvalue weighted by Crippen LogP contribution is -2.52. The van der Waals surface area contributed by atoms with Crippen molar-refractivity contribution in [3.8, 4) is 11.5 Å². The molecular formula is C28H43NO9. The van der Waals surface area contributed by atoms with E-state index in [9.17, 15) is 24.3 Å². The van der Waals surface area contributed by atoms with Crippen molar-refractivity contribution >= 4 is 24.1 Å². The van der Waals surface area contributed by atoms with Crippen molar-refractivity contribution in [3.05, 3.63) is 23.8 Å². The number of benzene rings is 1. The first-order chi connectivity index (χ1) is 17.7. The Morgan fingerprint density at radius 1 is 0.921 bits per heavy atom. The molecule has 38 heavy (non-hydrogen) atoms. The Labute approximate surface area is 225 Å². The quantitative estimate of drug-likeness (QED) is 0.217. The van der Waals surface area contributed by atoms with Crippen molar-refractivity contribution in [2.24, 2.45) is 17.6 Å². The molecule has 0 aliphatic carbocycles. The van der Waals surface area contributed by atoms with Crippen molar-refractivity contribution in [1.29, 1.82) is 0 Å². The Hall–Kier alpha value is -3.14. The van der Waals surface area contributed by atoms with Gasteiger partial charge in [0.25, 0.3) is 0 Å². The number of hydrogen-bond acceptors (Lipinski definition) is 9. The first-order valence-corrected chi connectivity index (χ1v) is 13.2. The van der Waals surface area contributed by atoms with Gasteiger partial charge in [-0.1, -0.05) is 40.7 Å². The van der Waals surface area contributed by atoms with Crippen LogP contribution in [0.15, 0.2) is 18.2 Å². The fraction of sp³-hybridized carbons (Fsp3) is 0.643. The van der Waals surface area contributed by atoms with Gasteiger partial charge in [0.05, 0.1) is 6.61 Å². The van der Waals surface area contributed by atoms with E-state index in [1.807, 2.05) is 34.6 Å². The summed E-state index contributed by atoms with van der Waals surface area (Å²) in [6.07, 6.45) is 0.142. The highest BCUT2D eigenvalue weighted by Gasteiger charge is 2.37. The third kappa shape index (κ3) is 12.4. The smallest absolute Gasteiger partial charge is 0.480 e. The summed E-state index contributed by atoms with van der Waals surface area (Å²) >= 11 is 0. The molecule has 0 bridgehead atoms. The van der Waals surface area contributed by atoms with Gasteiger partial charge in [0.1, 0.15) is 11.6 Å². The molecule has 0 saturated heterocycles. The summed E-state index contributed by atoms with van der Waals surface area (Å²) in [5.41, 5.74) is 4.87. The maximum absolute atomic E-state index is 12.5. The molecule has 10 nitrogen and oxygen atoms in total. The Bertz CT molecular complexity index is 944. The lowest BCUT2D eigenvalue weighted by atomic mass is 9.86. The molecule has 3 N–H and O–H groups in total. The molecule has 0 aliphatic heterocycles. The van der Waals surface area contributed by atoms with E-state index in [0.29, 0.717) is 36.7 Å². The van der Waals surface area contributed by atoms with Crippen LogP contribution in [0.1, 0.15) is 85.6 Å². The average molecular weight is 538 g/mol. The normalized spacial score (nSPS) is 13.5. The van der Waals surface area contributed by atoms with Crippen LogP contribution in [0.2, 0.25) is 0 Å². The Morgan fingerprint density at radius 2 is 1.47 bits per heavy atom. The van der Waals surface area contributed by atoms with Gasteiger partial charge >= 0.3 is 24.1 Å². The van der Waals surface area contributed by atoms with Gasteiger partial charge in [-0.3, -0.25) is 14.4 Å². The number of aliphatic carboxylic acids is 1. The lowest BCUT2D eigenvalue weighted by molar-refractivity contribution is -0.144. The van der Waals surface area contributed by atoms with Gasteiger partial charge in [0.15, 0.2) is 11.5 Å². The zero-order chi connectivity index (χ0) is 28.9. The zero-order valence-corrected chi connectivity index (χ0v) is 23.4. The molecule has 0 radical (unpaired) electrons. The molecule has 2 atom stereocenters. The molecule has 0 aliphatic rings. The Balaban J connectivity index is 3.13. The number of hydrogen-bond donors (Lipinski definition) is 2. The first kappa shape index (κ1) is 32.9. The topological polar surface area (TPSA) is 151 Å². The van der Waals surface area contributed by atoms with Gasteiger partial charge in [-0.25, -0.2) is 4.79 Å². The van der Waals surface area contributed by atoms with E-state index in [0.717, 1.165) is 0 Å². The Morgan fingerprint density at radius 3 is 1.97 bits per heavy atom. The molecule has 1 unspecified atom stereocenters. The first-order valence-electron chi connectivity index (χ1n) is 13.2. The van der Waals surface area contributed by atoms with Crippen molar-refractivity contribution in [2.75, 3.05) is 6.61 Å². The minimum Gasteiger partial charge on any atom is -0.480 e. The molecule has 10 heteroatoms. The highest BCUT2D eigenvalue weighted by atomic mass is 16.7. The molecule has 0 heterocycles. The summed E-state index contributed by atoms with van der Waals surface area (Å²) in [5, 5.41) is 9.88. The van der Waals surface area contributed by atoms with Gasteiger partial charge in [0.2, 0.25) is 0 Å². The summed E-state index contributed by atoms with van der Waals surface area (Å²) in [6.45, 7) is 11.5. The van der Waals surface area contributed by atoms with E-state index in [1.165, 1.54) is 19.1 Å². The van der Waals surface area contributed by atoms with Crippen LogP contribution in [-0.4, -0.2) is 47.4 Å². The van der Waals surface area contributed by atoms with Crippen molar-refractivity contribution in [3.63, 3.8) is 0 Å². The number of carbonyl (C=O) groups is 4. The number of carboxylic acids is 1. The zero-order valence-electron chi connectivity index (χ0n) is 23.4. The van der Waals surface area contributed by atoms with Crippen LogP contribution >= 0.6 is 0 Å². The third-order valence-corrected chi connectivity index (χ3v) is 5.63. The maximum atomic E-state index is 12.5. The molecule has 1 aromatic rings. The average Bonchev–Trinajstić information content (AvgIpc) is 2.81. The number of carboxylic acid groups (broad SMARTS) is 1. The van der Waals surface area contributed by atoms with Gasteiger partial charge < -0.3 is 29.8 Å². The van der Waals surface area contributed by atoms with Crippen molar-refractivity contribution < 1.29 is 43.2 Å². The number of carbonyl (C=O) groups excluding carboxylic acids is 3. The lowest BCUT2D eigenvalue weighted by Gasteiger charge is -2.28. The van der Waals surface area contributed by atoms with Gasteiger partial charge in [-0.2, -0.15) is 0 Å². The second-order valence-corrected chi connectivity index (χ2v) is 10.5. The molecule has 0 fully saturated rings. The SMILES string of the molecule is CCCOC(=O)O[C@@H](C)CC(N)(Cc1ccc(OC(=O)CCC(C)C)c(OC(=O)CCC(C)C)c1)C(=O)O. The fourth-order valence-corrected chi connectivity index (χ4v) is 3.52. The van der Waals surface area contributed by atoms with Crippen LogP contribution in [0, 0.1) is 11.8 Å². The van der Waals surface area contributed by atoms with E-state index in [1.54, 1.807) is 6.07 Å². The summed E-state index contributed by atoms with van der Waals surface area (Å²) in [4.78, 5) is 48.7. The minimum absolute atomic E-state index is 0.00864. The predicted octanol–water partition coefficient (Wildman–Crippen LogP) is 5.04. The maximum Gasteiger partial charge on any atom is 0.508 e. The summed E-state index contributed by atoms with van der Waals surface area (Å²) < 4.78 is 21.0. The molecule has 214 valence electrons. The third-order valence-electron chi connectivity index (χ3n) is 5.63. The molecular weight excluding hydrogens is 494 g/mol. The van der Waals surface area contributed by atoms with E-state index in [4.69, 9.17) is 24.7 Å². The fourth-order valence-electron chi connectivity index (χ4n) is 3.52. The highest BCUT2D eigenvalue weighted by Crippen LogP contribution is 2.32. The second-order valence-electron chi connectivity index (χ2n) is 10.5. The summed E-state index contributed by atoms with van der Waals surface area (Å²) in [6, 6.07) is 4.46. The van der Waals surface area contributed by atoms with E-state index >= 15 is 0 Å². The van der Waals surface area contributed by atoms with Crippen molar-refractivity contribution in [1.82, 2.24) is 0 Å².